The van der Waals surface area contributed by atoms with Crippen molar-refractivity contribution in [2.24, 2.45) is 0 Å². The predicted molar refractivity (Wildman–Crippen MR) is 104 cm³/mol. The van der Waals surface area contributed by atoms with Crippen molar-refractivity contribution in [1.82, 2.24) is 24.4 Å². The molecule has 8 nitrogen and oxygen atoms in total. The zero-order chi connectivity index (χ0) is 19.8. The number of fused-ring (bicyclic) bond motifs is 1. The highest BCUT2D eigenvalue weighted by atomic mass is 16.2. The highest BCUT2D eigenvalue weighted by Crippen LogP contribution is 2.37. The molecule has 0 spiro atoms. The monoisotopic (exact) mass is 376 g/mol. The summed E-state index contributed by atoms with van der Waals surface area (Å²) in [6.07, 6.45) is 2.96. The van der Waals surface area contributed by atoms with Gasteiger partial charge in [-0.3, -0.25) is 9.36 Å². The van der Waals surface area contributed by atoms with Gasteiger partial charge in [0.25, 0.3) is 0 Å². The Kier molecular flexibility index (Phi) is 4.38. The highest BCUT2D eigenvalue weighted by molar-refractivity contribution is 5.78. The van der Waals surface area contributed by atoms with Crippen LogP contribution in [0.15, 0.2) is 47.5 Å². The molecule has 1 aromatic carbocycles. The van der Waals surface area contributed by atoms with Crippen LogP contribution in [0.25, 0.3) is 11.3 Å². The molecule has 142 valence electrons. The molecular weight excluding hydrogens is 356 g/mol. The first-order valence-electron chi connectivity index (χ1n) is 8.98. The van der Waals surface area contributed by atoms with Crippen LogP contribution >= 0.6 is 0 Å². The van der Waals surface area contributed by atoms with Crippen LogP contribution in [0.3, 0.4) is 0 Å². The number of amides is 1. The van der Waals surface area contributed by atoms with Gasteiger partial charge in [-0.05, 0) is 26.0 Å². The molecule has 0 aliphatic carbocycles. The fourth-order valence-electron chi connectivity index (χ4n) is 3.55. The van der Waals surface area contributed by atoms with Crippen LogP contribution in [0.2, 0.25) is 0 Å². The average molecular weight is 376 g/mol. The maximum atomic E-state index is 12.9. The lowest BCUT2D eigenvalue weighted by Gasteiger charge is -2.21. The minimum Gasteiger partial charge on any atom is -0.368 e. The number of anilines is 1. The Morgan fingerprint density at radius 1 is 1.29 bits per heavy atom. The number of nitrogens with two attached hydrogens (primary N) is 1. The molecule has 0 fully saturated rings. The number of carbonyl (C=O) groups is 1. The van der Waals surface area contributed by atoms with Crippen LogP contribution in [-0.2, 0) is 17.9 Å². The van der Waals surface area contributed by atoms with Crippen molar-refractivity contribution < 1.29 is 4.79 Å². The van der Waals surface area contributed by atoms with Gasteiger partial charge in [-0.25, -0.2) is 19.7 Å². The maximum Gasteiger partial charge on any atom is 0.347 e. The third-order valence-corrected chi connectivity index (χ3v) is 4.95. The van der Waals surface area contributed by atoms with E-state index in [0.717, 1.165) is 28.1 Å². The minimum atomic E-state index is -0.454. The highest BCUT2D eigenvalue weighted by Gasteiger charge is 2.34. The van der Waals surface area contributed by atoms with Gasteiger partial charge in [0.05, 0.1) is 24.0 Å². The average Bonchev–Trinajstić information content (AvgIpc) is 3.00. The smallest absolute Gasteiger partial charge is 0.347 e. The van der Waals surface area contributed by atoms with E-state index in [2.05, 4.69) is 15.0 Å². The van der Waals surface area contributed by atoms with Gasteiger partial charge in [-0.2, -0.15) is 0 Å². The number of aromatic nitrogens is 4. The second-order valence-corrected chi connectivity index (χ2v) is 6.89. The summed E-state index contributed by atoms with van der Waals surface area (Å²) >= 11 is 0. The lowest BCUT2D eigenvalue weighted by atomic mass is 10.0. The summed E-state index contributed by atoms with van der Waals surface area (Å²) in [5.41, 5.74) is 9.93. The number of hydrogen-bond acceptors (Lipinski definition) is 6. The number of hydrogen-bond donors (Lipinski definition) is 1. The third kappa shape index (κ3) is 3.13. The van der Waals surface area contributed by atoms with Crippen LogP contribution in [-0.4, -0.2) is 30.3 Å². The number of aryl methyl sites for hydroxylation is 1. The molecule has 1 aliphatic heterocycles. The van der Waals surface area contributed by atoms with Crippen molar-refractivity contribution in [1.29, 1.82) is 0 Å². The Labute approximate surface area is 161 Å². The van der Waals surface area contributed by atoms with Crippen molar-refractivity contribution in [3.8, 4) is 11.3 Å². The van der Waals surface area contributed by atoms with Crippen molar-refractivity contribution in [2.75, 3.05) is 5.73 Å². The Morgan fingerprint density at radius 3 is 2.86 bits per heavy atom. The van der Waals surface area contributed by atoms with E-state index in [0.29, 0.717) is 6.54 Å². The predicted octanol–water partition coefficient (Wildman–Crippen LogP) is 1.69. The SMILES string of the molecule is Cc1cccc(-c2nc(N)nc3c2CN(C(=O)Cn2cccnc2=O)[C@H]3C)c1. The van der Waals surface area contributed by atoms with E-state index in [1.807, 2.05) is 38.1 Å². The molecule has 0 bridgehead atoms. The van der Waals surface area contributed by atoms with E-state index in [4.69, 9.17) is 5.73 Å². The molecule has 1 atom stereocenters. The van der Waals surface area contributed by atoms with Crippen molar-refractivity contribution in [2.45, 2.75) is 33.0 Å². The second kappa shape index (κ2) is 6.88. The molecule has 3 heterocycles. The Hall–Kier alpha value is -3.55. The molecule has 2 aromatic heterocycles. The van der Waals surface area contributed by atoms with Crippen LogP contribution in [0.5, 0.6) is 0 Å². The van der Waals surface area contributed by atoms with Crippen molar-refractivity contribution in [3.05, 3.63) is 70.0 Å². The van der Waals surface area contributed by atoms with Gasteiger partial charge in [0.2, 0.25) is 11.9 Å². The zero-order valence-electron chi connectivity index (χ0n) is 15.7. The van der Waals surface area contributed by atoms with E-state index >= 15 is 0 Å². The molecule has 0 saturated carbocycles. The second-order valence-electron chi connectivity index (χ2n) is 6.89. The summed E-state index contributed by atoms with van der Waals surface area (Å²) in [5.74, 6) is -0.00533. The maximum absolute atomic E-state index is 12.9. The fourth-order valence-corrected chi connectivity index (χ4v) is 3.55. The number of carbonyl (C=O) groups excluding carboxylic acids is 1. The Morgan fingerprint density at radius 2 is 2.11 bits per heavy atom. The number of rotatable bonds is 3. The van der Waals surface area contributed by atoms with Gasteiger partial charge in [0.1, 0.15) is 6.54 Å². The van der Waals surface area contributed by atoms with E-state index < -0.39 is 5.69 Å². The van der Waals surface area contributed by atoms with Crippen molar-refractivity contribution >= 4 is 11.9 Å². The van der Waals surface area contributed by atoms with Gasteiger partial charge in [0, 0.05) is 23.5 Å². The molecular formula is C20H20N6O2. The lowest BCUT2D eigenvalue weighted by molar-refractivity contribution is -0.134. The molecule has 0 unspecified atom stereocenters. The normalized spacial score (nSPS) is 15.5. The van der Waals surface area contributed by atoms with Gasteiger partial charge < -0.3 is 10.6 Å². The zero-order valence-corrected chi connectivity index (χ0v) is 15.7. The first-order valence-corrected chi connectivity index (χ1v) is 8.98. The van der Waals surface area contributed by atoms with Crippen molar-refractivity contribution in [3.63, 3.8) is 0 Å². The van der Waals surface area contributed by atoms with Gasteiger partial charge >= 0.3 is 5.69 Å². The van der Waals surface area contributed by atoms with Crippen LogP contribution in [0.4, 0.5) is 5.95 Å². The molecule has 8 heteroatoms. The molecule has 2 N–H and O–H groups in total. The third-order valence-electron chi connectivity index (χ3n) is 4.95. The van der Waals surface area contributed by atoms with Gasteiger partial charge in [-0.15, -0.1) is 0 Å². The molecule has 1 aliphatic rings. The molecule has 1 amide bonds. The molecule has 3 aromatic rings. The summed E-state index contributed by atoms with van der Waals surface area (Å²) in [5, 5.41) is 0. The Bertz CT molecular complexity index is 1120. The Balaban J connectivity index is 1.69. The summed E-state index contributed by atoms with van der Waals surface area (Å²) in [7, 11) is 0. The number of nitrogens with zero attached hydrogens (tertiary/aromatic N) is 5. The fraction of sp³-hybridized carbons (Fsp3) is 0.250. The first-order chi connectivity index (χ1) is 13.4. The quantitative estimate of drug-likeness (QED) is 0.745. The number of benzene rings is 1. The first kappa shape index (κ1) is 17.8. The number of nitrogen functional groups attached to an aromatic ring is 1. The summed E-state index contributed by atoms with van der Waals surface area (Å²) in [6.45, 7) is 4.21. The van der Waals surface area contributed by atoms with Crippen LogP contribution in [0.1, 0.15) is 29.8 Å². The molecule has 0 radical (unpaired) electrons. The molecule has 4 rings (SSSR count). The van der Waals surface area contributed by atoms with E-state index in [1.54, 1.807) is 17.2 Å². The summed E-state index contributed by atoms with van der Waals surface area (Å²) < 4.78 is 1.29. The summed E-state index contributed by atoms with van der Waals surface area (Å²) in [4.78, 5) is 38.9. The van der Waals surface area contributed by atoms with Crippen LogP contribution in [0, 0.1) is 6.92 Å². The topological polar surface area (TPSA) is 107 Å². The van der Waals surface area contributed by atoms with E-state index in [-0.39, 0.29) is 24.4 Å². The largest absolute Gasteiger partial charge is 0.368 e. The van der Waals surface area contributed by atoms with Gasteiger partial charge in [0.15, 0.2) is 0 Å². The lowest BCUT2D eigenvalue weighted by Crippen LogP contribution is -2.35. The van der Waals surface area contributed by atoms with Gasteiger partial charge in [-0.1, -0.05) is 23.8 Å². The molecule has 0 saturated heterocycles. The standard InChI is InChI=1S/C20H20N6O2/c1-12-5-3-6-14(9-12)18-15-10-26(13(2)17(15)23-19(21)24-18)16(27)11-25-8-4-7-22-20(25)28/h3-9,13H,10-11H2,1-2H3,(H2,21,23,24)/t13-/m0/s1. The van der Waals surface area contributed by atoms with E-state index in [9.17, 15) is 9.59 Å². The minimum absolute atomic E-state index is 0.0757. The summed E-state index contributed by atoms with van der Waals surface area (Å²) in [6, 6.07) is 9.35. The van der Waals surface area contributed by atoms with Crippen LogP contribution < -0.4 is 11.4 Å². The van der Waals surface area contributed by atoms with E-state index in [1.165, 1.54) is 10.8 Å². The molecule has 28 heavy (non-hydrogen) atoms.